The van der Waals surface area contributed by atoms with Gasteiger partial charge in [0.2, 0.25) is 0 Å². The third-order valence-corrected chi connectivity index (χ3v) is 3.77. The van der Waals surface area contributed by atoms with Crippen LogP contribution in [0.1, 0.15) is 11.1 Å². The largest absolute Gasteiger partial charge is 0.456 e. The average molecular weight is 355 g/mol. The predicted molar refractivity (Wildman–Crippen MR) is 79.2 cm³/mol. The third kappa shape index (κ3) is 4.10. The summed E-state index contributed by atoms with van der Waals surface area (Å²) in [6.45, 7) is 0. The van der Waals surface area contributed by atoms with Crippen molar-refractivity contribution in [2.45, 2.75) is 10.7 Å². The molecule has 2 rings (SSSR count). The fourth-order valence-corrected chi connectivity index (χ4v) is 2.64. The van der Waals surface area contributed by atoms with Crippen LogP contribution in [0, 0.1) is 28.5 Å². The molecule has 0 fully saturated rings. The van der Waals surface area contributed by atoms with Gasteiger partial charge < -0.3 is 4.74 Å². The molecule has 0 aliphatic rings. The van der Waals surface area contributed by atoms with Crippen molar-refractivity contribution in [3.63, 3.8) is 0 Å². The van der Waals surface area contributed by atoms with E-state index in [0.29, 0.717) is 0 Å². The van der Waals surface area contributed by atoms with Crippen molar-refractivity contribution < 1.29 is 17.9 Å². The van der Waals surface area contributed by atoms with Gasteiger partial charge in [-0.15, -0.1) is 0 Å². The number of rotatable bonds is 4. The van der Waals surface area contributed by atoms with E-state index in [2.05, 4.69) is 0 Å². The number of alkyl halides is 2. The molecule has 2 aromatic rings. The molecule has 0 spiro atoms. The predicted octanol–water partition coefficient (Wildman–Crippen LogP) is 5.33. The first kappa shape index (κ1) is 17.0. The molecule has 8 heteroatoms. The maximum absolute atomic E-state index is 13.4. The van der Waals surface area contributed by atoms with Gasteiger partial charge in [0.05, 0.1) is 17.2 Å². The van der Waals surface area contributed by atoms with Gasteiger partial charge in [-0.25, -0.2) is 4.39 Å². The van der Waals surface area contributed by atoms with Crippen molar-refractivity contribution in [2.24, 2.45) is 0 Å². The van der Waals surface area contributed by atoms with Gasteiger partial charge in [-0.2, -0.15) is 19.3 Å². The summed E-state index contributed by atoms with van der Waals surface area (Å²) >= 11 is 6.18. The molecule has 2 aromatic carbocycles. The Morgan fingerprint density at radius 2 is 1.87 bits per heavy atom. The number of nitriles is 2. The molecule has 0 N–H and O–H groups in total. The normalized spacial score (nSPS) is 10.2. The van der Waals surface area contributed by atoms with E-state index < -0.39 is 11.6 Å². The quantitative estimate of drug-likeness (QED) is 0.696. The highest BCUT2D eigenvalue weighted by molar-refractivity contribution is 7.99. The van der Waals surface area contributed by atoms with Crippen molar-refractivity contribution in [1.82, 2.24) is 0 Å². The molecule has 0 unspecified atom stereocenters. The molecule has 116 valence electrons. The third-order valence-electron chi connectivity index (χ3n) is 2.62. The van der Waals surface area contributed by atoms with Crippen molar-refractivity contribution in [3.05, 3.63) is 52.3 Å². The molecule has 0 aliphatic heterocycles. The molecule has 3 nitrogen and oxygen atoms in total. The molecule has 0 atom stereocenters. The van der Waals surface area contributed by atoms with Gasteiger partial charge in [-0.05, 0) is 24.3 Å². The second-order valence-electron chi connectivity index (χ2n) is 4.13. The van der Waals surface area contributed by atoms with Crippen molar-refractivity contribution in [2.75, 3.05) is 0 Å². The van der Waals surface area contributed by atoms with Crippen LogP contribution in [0.25, 0.3) is 0 Å². The van der Waals surface area contributed by atoms with Gasteiger partial charge in [-0.1, -0.05) is 23.4 Å². The van der Waals surface area contributed by atoms with E-state index in [1.54, 1.807) is 12.1 Å². The Morgan fingerprint density at radius 3 is 2.48 bits per heavy atom. The summed E-state index contributed by atoms with van der Waals surface area (Å²) in [5.41, 5.74) is -0.118. The molecule has 0 saturated carbocycles. The van der Waals surface area contributed by atoms with Crippen LogP contribution in [0.4, 0.5) is 13.2 Å². The minimum Gasteiger partial charge on any atom is -0.456 e. The van der Waals surface area contributed by atoms with Crippen LogP contribution in [-0.4, -0.2) is 5.76 Å². The Hall–Kier alpha value is -2.35. The highest BCUT2D eigenvalue weighted by Gasteiger charge is 2.17. The minimum absolute atomic E-state index is 0.00148. The number of thioether (sulfide) groups is 1. The number of benzene rings is 2. The molecule has 0 aromatic heterocycles. The fourth-order valence-electron chi connectivity index (χ4n) is 1.73. The first-order valence-corrected chi connectivity index (χ1v) is 7.26. The Bertz CT molecular complexity index is 831. The lowest BCUT2D eigenvalue weighted by molar-refractivity contribution is 0.252. The van der Waals surface area contributed by atoms with Crippen LogP contribution < -0.4 is 4.74 Å². The number of ether oxygens (including phenoxy) is 1. The van der Waals surface area contributed by atoms with E-state index in [4.69, 9.17) is 26.9 Å². The maximum Gasteiger partial charge on any atom is 0.288 e. The average Bonchev–Trinajstić information content (AvgIpc) is 2.49. The zero-order valence-corrected chi connectivity index (χ0v) is 12.8. The zero-order valence-electron chi connectivity index (χ0n) is 11.2. The summed E-state index contributed by atoms with van der Waals surface area (Å²) in [5.74, 6) is -3.38. The molecular formula is C15H6ClF3N2OS. The first-order chi connectivity index (χ1) is 10.9. The second-order valence-corrected chi connectivity index (χ2v) is 5.54. The highest BCUT2D eigenvalue weighted by Crippen LogP contribution is 2.39. The molecule has 0 amide bonds. The lowest BCUT2D eigenvalue weighted by Crippen LogP contribution is -1.93. The Morgan fingerprint density at radius 1 is 1.13 bits per heavy atom. The van der Waals surface area contributed by atoms with Crippen LogP contribution >= 0.6 is 23.4 Å². The van der Waals surface area contributed by atoms with E-state index in [1.165, 1.54) is 18.2 Å². The van der Waals surface area contributed by atoms with Crippen LogP contribution in [0.15, 0.2) is 35.2 Å². The van der Waals surface area contributed by atoms with Gasteiger partial charge in [0.25, 0.3) is 5.76 Å². The van der Waals surface area contributed by atoms with Gasteiger partial charge in [-0.3, -0.25) is 0 Å². The van der Waals surface area contributed by atoms with E-state index >= 15 is 0 Å². The standard InChI is InChI=1S/C15H6ClF3N2OS/c16-14-11(7-21)13(23-15(18)19)2-1-12(14)22-10-4-8(6-20)3-9(17)5-10/h1-5,15H. The van der Waals surface area contributed by atoms with Crippen molar-refractivity contribution in [1.29, 1.82) is 10.5 Å². The number of hydrogen-bond acceptors (Lipinski definition) is 4. The molecule has 0 heterocycles. The van der Waals surface area contributed by atoms with Gasteiger partial charge in [0, 0.05) is 11.0 Å². The monoisotopic (exact) mass is 354 g/mol. The summed E-state index contributed by atoms with van der Waals surface area (Å²) in [5, 5.41) is 17.7. The van der Waals surface area contributed by atoms with Crippen LogP contribution in [-0.2, 0) is 0 Å². The number of halogens is 4. The van der Waals surface area contributed by atoms with Crippen molar-refractivity contribution >= 4 is 23.4 Å². The molecular weight excluding hydrogens is 349 g/mol. The molecule has 23 heavy (non-hydrogen) atoms. The van der Waals surface area contributed by atoms with Crippen molar-refractivity contribution in [3.8, 4) is 23.6 Å². The van der Waals surface area contributed by atoms with E-state index in [9.17, 15) is 13.2 Å². The smallest absolute Gasteiger partial charge is 0.288 e. The van der Waals surface area contributed by atoms with Gasteiger partial charge in [0.15, 0.2) is 0 Å². The fraction of sp³-hybridized carbons (Fsp3) is 0.0667. The lowest BCUT2D eigenvalue weighted by atomic mass is 10.2. The summed E-state index contributed by atoms with van der Waals surface area (Å²) in [6.07, 6.45) is 0. The number of nitrogens with zero attached hydrogens (tertiary/aromatic N) is 2. The molecule has 0 saturated heterocycles. The van der Waals surface area contributed by atoms with Crippen LogP contribution in [0.3, 0.4) is 0 Å². The van der Waals surface area contributed by atoms with Gasteiger partial charge >= 0.3 is 0 Å². The van der Waals surface area contributed by atoms with E-state index in [-0.39, 0.29) is 44.3 Å². The summed E-state index contributed by atoms with van der Waals surface area (Å²) in [4.78, 5) is 0.0109. The summed E-state index contributed by atoms with van der Waals surface area (Å²) < 4.78 is 43.6. The van der Waals surface area contributed by atoms with E-state index in [1.807, 2.05) is 0 Å². The SMILES string of the molecule is N#Cc1cc(F)cc(Oc2ccc(SC(F)F)c(C#N)c2Cl)c1. The molecule has 0 aliphatic carbocycles. The number of hydrogen-bond donors (Lipinski definition) is 0. The lowest BCUT2D eigenvalue weighted by Gasteiger charge is -2.11. The Balaban J connectivity index is 2.40. The second kappa shape index (κ2) is 7.28. The minimum atomic E-state index is -2.70. The van der Waals surface area contributed by atoms with Crippen LogP contribution in [0.2, 0.25) is 5.02 Å². The Kier molecular flexibility index (Phi) is 5.38. The summed E-state index contributed by atoms with van der Waals surface area (Å²) in [6, 6.07) is 9.41. The summed E-state index contributed by atoms with van der Waals surface area (Å²) in [7, 11) is 0. The first-order valence-electron chi connectivity index (χ1n) is 6.00. The van der Waals surface area contributed by atoms with E-state index in [0.717, 1.165) is 12.1 Å². The molecule has 0 bridgehead atoms. The zero-order chi connectivity index (χ0) is 17.0. The maximum atomic E-state index is 13.4. The highest BCUT2D eigenvalue weighted by atomic mass is 35.5. The Labute approximate surface area is 138 Å². The molecule has 0 radical (unpaired) electrons. The van der Waals surface area contributed by atoms with Gasteiger partial charge in [0.1, 0.15) is 28.4 Å². The topological polar surface area (TPSA) is 56.8 Å². The van der Waals surface area contributed by atoms with Crippen LogP contribution in [0.5, 0.6) is 11.5 Å².